The molecule has 0 fully saturated rings. The Morgan fingerprint density at radius 2 is 1.62 bits per heavy atom. The lowest BCUT2D eigenvalue weighted by Gasteiger charge is -2.17. The van der Waals surface area contributed by atoms with Crippen LogP contribution in [0.4, 0.5) is 13.2 Å². The summed E-state index contributed by atoms with van der Waals surface area (Å²) in [5.41, 5.74) is 1.92. The van der Waals surface area contributed by atoms with Crippen LogP contribution in [0.2, 0.25) is 5.02 Å². The van der Waals surface area contributed by atoms with Crippen molar-refractivity contribution in [1.29, 1.82) is 0 Å². The summed E-state index contributed by atoms with van der Waals surface area (Å²) in [6.45, 7) is 8.27. The van der Waals surface area contributed by atoms with Crippen LogP contribution in [0.3, 0.4) is 0 Å². The Morgan fingerprint density at radius 1 is 0.962 bits per heavy atom. The first-order valence-electron chi connectivity index (χ1n) is 8.78. The summed E-state index contributed by atoms with van der Waals surface area (Å²) in [5.74, 6) is 0.682. The zero-order valence-electron chi connectivity index (χ0n) is 15.4. The minimum absolute atomic E-state index is 0.0184. The molecule has 0 bridgehead atoms. The van der Waals surface area contributed by atoms with Gasteiger partial charge in [-0.1, -0.05) is 45.4 Å². The molecular weight excluding hydrogens is 361 g/mol. The number of nitrogens with zero attached hydrogens (tertiary/aromatic N) is 2. The van der Waals surface area contributed by atoms with Gasteiger partial charge in [0, 0.05) is 18.1 Å². The van der Waals surface area contributed by atoms with E-state index in [0.717, 1.165) is 36.4 Å². The van der Waals surface area contributed by atoms with E-state index in [9.17, 15) is 13.2 Å². The van der Waals surface area contributed by atoms with E-state index in [2.05, 4.69) is 36.8 Å². The molecule has 6 heteroatoms. The van der Waals surface area contributed by atoms with Crippen LogP contribution in [-0.2, 0) is 6.18 Å². The third-order valence-electron chi connectivity index (χ3n) is 4.67. The Hall–Kier alpha value is -1.62. The molecule has 2 aromatic rings. The molecule has 26 heavy (non-hydrogen) atoms. The number of pyridine rings is 2. The van der Waals surface area contributed by atoms with E-state index in [4.69, 9.17) is 11.6 Å². The average molecular weight is 385 g/mol. The van der Waals surface area contributed by atoms with Crippen molar-refractivity contribution in [2.75, 3.05) is 0 Å². The minimum atomic E-state index is -4.43. The Morgan fingerprint density at radius 3 is 2.12 bits per heavy atom. The Balaban J connectivity index is 2.00. The molecule has 2 nitrogen and oxygen atoms in total. The molecule has 0 aliphatic carbocycles. The standard InChI is InChI=1S/C20H24ClF3N2/c1-12(2)18-8-7-15(10-25-18)13(3)5-6-14(4)19-17(21)9-16(11-26-19)20(22,23)24/h7-14H,5-6H2,1-4H3. The van der Waals surface area contributed by atoms with Crippen LogP contribution in [0.5, 0.6) is 0 Å². The second-order valence-electron chi connectivity index (χ2n) is 7.14. The molecule has 2 heterocycles. The van der Waals surface area contributed by atoms with Crippen LogP contribution in [0.25, 0.3) is 0 Å². The fourth-order valence-electron chi connectivity index (χ4n) is 2.82. The van der Waals surface area contributed by atoms with E-state index in [0.29, 0.717) is 17.5 Å². The molecule has 0 saturated carbocycles. The molecule has 142 valence electrons. The summed E-state index contributed by atoms with van der Waals surface area (Å²) >= 11 is 6.04. The molecule has 0 aliphatic rings. The van der Waals surface area contributed by atoms with E-state index in [1.54, 1.807) is 0 Å². The zero-order valence-corrected chi connectivity index (χ0v) is 16.2. The number of halogens is 4. The Kier molecular flexibility index (Phi) is 6.67. The highest BCUT2D eigenvalue weighted by atomic mass is 35.5. The number of hydrogen-bond acceptors (Lipinski definition) is 2. The maximum atomic E-state index is 12.7. The number of hydrogen-bond donors (Lipinski definition) is 0. The van der Waals surface area contributed by atoms with Crippen LogP contribution < -0.4 is 0 Å². The molecular formula is C20H24ClF3N2. The topological polar surface area (TPSA) is 25.8 Å². The first kappa shape index (κ1) is 20.7. The van der Waals surface area contributed by atoms with Gasteiger partial charge in [-0.05, 0) is 48.3 Å². The van der Waals surface area contributed by atoms with Crippen LogP contribution in [0, 0.1) is 0 Å². The van der Waals surface area contributed by atoms with Gasteiger partial charge in [-0.2, -0.15) is 13.2 Å². The lowest BCUT2D eigenvalue weighted by molar-refractivity contribution is -0.137. The van der Waals surface area contributed by atoms with Gasteiger partial charge >= 0.3 is 6.18 Å². The molecule has 0 saturated heterocycles. The first-order valence-corrected chi connectivity index (χ1v) is 9.15. The second-order valence-corrected chi connectivity index (χ2v) is 7.55. The van der Waals surface area contributed by atoms with Crippen LogP contribution >= 0.6 is 11.6 Å². The fourth-order valence-corrected chi connectivity index (χ4v) is 3.17. The predicted molar refractivity (Wildman–Crippen MR) is 98.6 cm³/mol. The Labute approximate surface area is 157 Å². The van der Waals surface area contributed by atoms with Gasteiger partial charge < -0.3 is 0 Å². The molecule has 2 atom stereocenters. The normalized spacial score (nSPS) is 14.5. The third-order valence-corrected chi connectivity index (χ3v) is 4.97. The van der Waals surface area contributed by atoms with Crippen molar-refractivity contribution < 1.29 is 13.2 Å². The summed E-state index contributed by atoms with van der Waals surface area (Å²) < 4.78 is 38.1. The second kappa shape index (κ2) is 8.38. The lowest BCUT2D eigenvalue weighted by atomic mass is 9.91. The van der Waals surface area contributed by atoms with E-state index < -0.39 is 11.7 Å². The monoisotopic (exact) mass is 384 g/mol. The van der Waals surface area contributed by atoms with E-state index >= 15 is 0 Å². The van der Waals surface area contributed by atoms with Crippen LogP contribution in [0.15, 0.2) is 30.6 Å². The van der Waals surface area contributed by atoms with Gasteiger partial charge in [0.15, 0.2) is 0 Å². The first-order chi connectivity index (χ1) is 12.1. The van der Waals surface area contributed by atoms with E-state index in [1.807, 2.05) is 19.2 Å². The van der Waals surface area contributed by atoms with Crippen molar-refractivity contribution in [2.24, 2.45) is 0 Å². The van der Waals surface area contributed by atoms with E-state index in [1.165, 1.54) is 0 Å². The van der Waals surface area contributed by atoms with Gasteiger partial charge in [0.05, 0.1) is 16.3 Å². The van der Waals surface area contributed by atoms with Gasteiger partial charge in [0.1, 0.15) is 0 Å². The largest absolute Gasteiger partial charge is 0.417 e. The summed E-state index contributed by atoms with van der Waals surface area (Å²) in [6.07, 6.45) is -0.000120. The van der Waals surface area contributed by atoms with Crippen molar-refractivity contribution in [1.82, 2.24) is 9.97 Å². The maximum Gasteiger partial charge on any atom is 0.417 e. The van der Waals surface area contributed by atoms with Crippen molar-refractivity contribution >= 4 is 11.6 Å². The Bertz CT molecular complexity index is 727. The maximum absolute atomic E-state index is 12.7. The third kappa shape index (κ3) is 5.19. The van der Waals surface area contributed by atoms with Crippen molar-refractivity contribution in [3.63, 3.8) is 0 Å². The summed E-state index contributed by atoms with van der Waals surface area (Å²) in [4.78, 5) is 8.45. The van der Waals surface area contributed by atoms with Gasteiger partial charge in [0.25, 0.3) is 0 Å². The minimum Gasteiger partial charge on any atom is -0.261 e. The molecule has 0 radical (unpaired) electrons. The van der Waals surface area contributed by atoms with Crippen molar-refractivity contribution in [3.05, 3.63) is 58.1 Å². The summed E-state index contributed by atoms with van der Waals surface area (Å²) in [5, 5.41) is 0.0722. The number of alkyl halides is 3. The lowest BCUT2D eigenvalue weighted by Crippen LogP contribution is -2.08. The van der Waals surface area contributed by atoms with Gasteiger partial charge in [-0.25, -0.2) is 0 Å². The van der Waals surface area contributed by atoms with Crippen LogP contribution in [-0.4, -0.2) is 9.97 Å². The highest BCUT2D eigenvalue weighted by molar-refractivity contribution is 6.31. The predicted octanol–water partition coefficient (Wildman–Crippen LogP) is 6.96. The quantitative estimate of drug-likeness (QED) is 0.538. The van der Waals surface area contributed by atoms with Crippen molar-refractivity contribution in [2.45, 2.75) is 64.5 Å². The highest BCUT2D eigenvalue weighted by Gasteiger charge is 2.32. The molecule has 0 aliphatic heterocycles. The number of aromatic nitrogens is 2. The van der Waals surface area contributed by atoms with Crippen molar-refractivity contribution in [3.8, 4) is 0 Å². The smallest absolute Gasteiger partial charge is 0.261 e. The van der Waals surface area contributed by atoms with Gasteiger partial charge in [0.2, 0.25) is 0 Å². The number of rotatable bonds is 6. The molecule has 2 unspecified atom stereocenters. The van der Waals surface area contributed by atoms with Crippen LogP contribution in [0.1, 0.15) is 80.8 Å². The summed E-state index contributed by atoms with van der Waals surface area (Å²) in [7, 11) is 0. The molecule has 0 aromatic carbocycles. The molecule has 0 N–H and O–H groups in total. The SMILES string of the molecule is CC(C)c1ccc(C(C)CCC(C)c2ncc(C(F)(F)F)cc2Cl)cn1. The summed E-state index contributed by atoms with van der Waals surface area (Å²) in [6, 6.07) is 5.10. The molecule has 2 rings (SSSR count). The van der Waals surface area contributed by atoms with Gasteiger partial charge in [-0.15, -0.1) is 0 Å². The zero-order chi connectivity index (χ0) is 19.5. The van der Waals surface area contributed by atoms with E-state index in [-0.39, 0.29) is 10.9 Å². The molecule has 0 spiro atoms. The molecule has 0 amide bonds. The highest BCUT2D eigenvalue weighted by Crippen LogP contribution is 2.34. The van der Waals surface area contributed by atoms with Gasteiger partial charge in [-0.3, -0.25) is 9.97 Å². The molecule has 2 aromatic heterocycles. The average Bonchev–Trinajstić information content (AvgIpc) is 2.58. The fraction of sp³-hybridized carbons (Fsp3) is 0.500.